The molecule has 3 aliphatic rings. The molecule has 2 fully saturated rings. The van der Waals surface area contributed by atoms with Crippen molar-refractivity contribution in [3.05, 3.63) is 24.3 Å². The minimum absolute atomic E-state index is 0.0454. The van der Waals surface area contributed by atoms with Gasteiger partial charge in [0.05, 0.1) is 5.41 Å². The standard InChI is InChI=1S/C11H10O4/c12-8(13)3-4-11-5-6-1-2-7(11)9(6)15-10(11)14/h1-4,6-7,9H,5H2,(H,12,13). The topological polar surface area (TPSA) is 63.6 Å². The first-order valence-corrected chi connectivity index (χ1v) is 4.95. The molecular weight excluding hydrogens is 196 g/mol. The van der Waals surface area contributed by atoms with Crippen molar-refractivity contribution >= 4 is 11.9 Å². The van der Waals surface area contributed by atoms with Crippen molar-refractivity contribution in [1.29, 1.82) is 0 Å². The third kappa shape index (κ3) is 0.914. The van der Waals surface area contributed by atoms with Crippen LogP contribution in [0.1, 0.15) is 6.42 Å². The first-order chi connectivity index (χ1) is 7.13. The smallest absolute Gasteiger partial charge is 0.328 e. The first kappa shape index (κ1) is 8.71. The van der Waals surface area contributed by atoms with E-state index in [4.69, 9.17) is 9.84 Å². The van der Waals surface area contributed by atoms with E-state index in [-0.39, 0.29) is 23.9 Å². The van der Waals surface area contributed by atoms with Crippen LogP contribution in [0.4, 0.5) is 0 Å². The van der Waals surface area contributed by atoms with E-state index in [9.17, 15) is 9.59 Å². The Balaban J connectivity index is 2.00. The summed E-state index contributed by atoms with van der Waals surface area (Å²) >= 11 is 0. The van der Waals surface area contributed by atoms with Crippen molar-refractivity contribution in [1.82, 2.24) is 0 Å². The lowest BCUT2D eigenvalue weighted by Gasteiger charge is -2.26. The second-order valence-electron chi connectivity index (χ2n) is 4.36. The molecule has 1 heterocycles. The molecular formula is C11H10O4. The Hall–Kier alpha value is -1.58. The Morgan fingerprint density at radius 2 is 2.40 bits per heavy atom. The Bertz CT molecular complexity index is 409. The Labute approximate surface area is 86.2 Å². The number of hydrogen-bond donors (Lipinski definition) is 1. The summed E-state index contributed by atoms with van der Waals surface area (Å²) in [4.78, 5) is 22.1. The van der Waals surface area contributed by atoms with Gasteiger partial charge in [-0.05, 0) is 6.42 Å². The highest BCUT2D eigenvalue weighted by Crippen LogP contribution is 2.59. The van der Waals surface area contributed by atoms with E-state index < -0.39 is 11.4 Å². The highest BCUT2D eigenvalue weighted by atomic mass is 16.6. The molecule has 15 heavy (non-hydrogen) atoms. The zero-order chi connectivity index (χ0) is 10.6. The molecule has 0 amide bonds. The second kappa shape index (κ2) is 2.51. The summed E-state index contributed by atoms with van der Waals surface area (Å²) in [6, 6.07) is 0. The monoisotopic (exact) mass is 206 g/mol. The molecule has 4 heteroatoms. The van der Waals surface area contributed by atoms with Crippen LogP contribution in [-0.4, -0.2) is 23.1 Å². The second-order valence-corrected chi connectivity index (χ2v) is 4.36. The maximum Gasteiger partial charge on any atom is 0.328 e. The van der Waals surface area contributed by atoms with Gasteiger partial charge in [0.15, 0.2) is 0 Å². The maximum atomic E-state index is 11.7. The SMILES string of the molecule is O=C(O)C=CC12CC3C=CC1C3OC2=O. The fourth-order valence-corrected chi connectivity index (χ4v) is 3.00. The Kier molecular flexibility index (Phi) is 1.45. The average Bonchev–Trinajstić information content (AvgIpc) is 2.79. The number of carboxylic acid groups (broad SMARTS) is 1. The molecule has 4 bridgehead atoms. The van der Waals surface area contributed by atoms with Gasteiger partial charge in [-0.3, -0.25) is 4.79 Å². The molecule has 1 saturated heterocycles. The van der Waals surface area contributed by atoms with E-state index in [0.717, 1.165) is 6.08 Å². The van der Waals surface area contributed by atoms with Gasteiger partial charge in [-0.2, -0.15) is 0 Å². The van der Waals surface area contributed by atoms with Crippen LogP contribution in [0.2, 0.25) is 0 Å². The molecule has 2 aliphatic carbocycles. The molecule has 4 atom stereocenters. The molecule has 4 nitrogen and oxygen atoms in total. The predicted molar refractivity (Wildman–Crippen MR) is 49.8 cm³/mol. The fraction of sp³-hybridized carbons (Fsp3) is 0.455. The van der Waals surface area contributed by atoms with Gasteiger partial charge in [0.25, 0.3) is 0 Å². The van der Waals surface area contributed by atoms with Crippen molar-refractivity contribution in [2.45, 2.75) is 12.5 Å². The normalized spacial score (nSPS) is 45.3. The minimum atomic E-state index is -1.02. The summed E-state index contributed by atoms with van der Waals surface area (Å²) in [5, 5.41) is 8.60. The number of aliphatic carboxylic acids is 1. The number of esters is 1. The molecule has 1 saturated carbocycles. The van der Waals surface area contributed by atoms with E-state index in [1.807, 2.05) is 6.08 Å². The van der Waals surface area contributed by atoms with Crippen LogP contribution in [0.5, 0.6) is 0 Å². The van der Waals surface area contributed by atoms with E-state index >= 15 is 0 Å². The molecule has 0 radical (unpaired) electrons. The average molecular weight is 206 g/mol. The van der Waals surface area contributed by atoms with Crippen LogP contribution in [-0.2, 0) is 14.3 Å². The third-order valence-corrected chi connectivity index (χ3v) is 3.66. The summed E-state index contributed by atoms with van der Waals surface area (Å²) in [7, 11) is 0. The van der Waals surface area contributed by atoms with Crippen LogP contribution in [0.15, 0.2) is 24.3 Å². The maximum absolute atomic E-state index is 11.7. The first-order valence-electron chi connectivity index (χ1n) is 4.95. The molecule has 0 aromatic rings. The number of ether oxygens (including phenoxy) is 1. The summed E-state index contributed by atoms with van der Waals surface area (Å²) in [5.74, 6) is -0.959. The number of carboxylic acids is 1. The molecule has 1 N–H and O–H groups in total. The highest BCUT2D eigenvalue weighted by Gasteiger charge is 2.65. The van der Waals surface area contributed by atoms with Crippen molar-refractivity contribution in [2.75, 3.05) is 0 Å². The van der Waals surface area contributed by atoms with Crippen molar-refractivity contribution in [3.63, 3.8) is 0 Å². The zero-order valence-electron chi connectivity index (χ0n) is 7.92. The van der Waals surface area contributed by atoms with E-state index in [1.54, 1.807) is 0 Å². The highest BCUT2D eigenvalue weighted by molar-refractivity contribution is 5.87. The van der Waals surface area contributed by atoms with Crippen molar-refractivity contribution in [3.8, 4) is 0 Å². The fourth-order valence-electron chi connectivity index (χ4n) is 3.00. The van der Waals surface area contributed by atoms with Gasteiger partial charge >= 0.3 is 11.9 Å². The molecule has 3 rings (SSSR count). The van der Waals surface area contributed by atoms with Gasteiger partial charge in [-0.1, -0.05) is 18.2 Å². The Morgan fingerprint density at radius 1 is 1.60 bits per heavy atom. The third-order valence-electron chi connectivity index (χ3n) is 3.66. The molecule has 4 unspecified atom stereocenters. The van der Waals surface area contributed by atoms with Gasteiger partial charge in [0.2, 0.25) is 0 Å². The predicted octanol–water partition coefficient (Wildman–Crippen LogP) is 0.745. The largest absolute Gasteiger partial charge is 0.478 e. The molecule has 1 aliphatic heterocycles. The zero-order valence-corrected chi connectivity index (χ0v) is 7.92. The summed E-state index contributed by atoms with van der Waals surface area (Å²) in [6.07, 6.45) is 7.26. The van der Waals surface area contributed by atoms with Crippen molar-refractivity contribution < 1.29 is 19.4 Å². The summed E-state index contributed by atoms with van der Waals surface area (Å²) in [6.45, 7) is 0. The van der Waals surface area contributed by atoms with Crippen LogP contribution < -0.4 is 0 Å². The van der Waals surface area contributed by atoms with E-state index in [1.165, 1.54) is 6.08 Å². The summed E-state index contributed by atoms with van der Waals surface area (Å²) in [5.41, 5.74) is -0.692. The number of rotatable bonds is 2. The number of carbonyl (C=O) groups excluding carboxylic acids is 1. The molecule has 78 valence electrons. The summed E-state index contributed by atoms with van der Waals surface area (Å²) < 4.78 is 5.24. The van der Waals surface area contributed by atoms with E-state index in [2.05, 4.69) is 6.08 Å². The quantitative estimate of drug-likeness (QED) is 0.411. The lowest BCUT2D eigenvalue weighted by atomic mass is 9.76. The molecule has 0 spiro atoms. The van der Waals surface area contributed by atoms with Crippen LogP contribution in [0, 0.1) is 17.3 Å². The van der Waals surface area contributed by atoms with E-state index in [0.29, 0.717) is 6.42 Å². The number of carbonyl (C=O) groups is 2. The number of hydrogen-bond acceptors (Lipinski definition) is 3. The van der Waals surface area contributed by atoms with Gasteiger partial charge in [-0.15, -0.1) is 0 Å². The van der Waals surface area contributed by atoms with Crippen LogP contribution in [0.25, 0.3) is 0 Å². The molecule has 0 aromatic carbocycles. The van der Waals surface area contributed by atoms with Crippen LogP contribution in [0.3, 0.4) is 0 Å². The lowest BCUT2D eigenvalue weighted by Crippen LogP contribution is -2.31. The van der Waals surface area contributed by atoms with Crippen molar-refractivity contribution in [2.24, 2.45) is 17.3 Å². The van der Waals surface area contributed by atoms with Gasteiger partial charge in [-0.25, -0.2) is 4.79 Å². The lowest BCUT2D eigenvalue weighted by molar-refractivity contribution is -0.152. The van der Waals surface area contributed by atoms with Crippen LogP contribution >= 0.6 is 0 Å². The van der Waals surface area contributed by atoms with Gasteiger partial charge in [0, 0.05) is 17.9 Å². The minimum Gasteiger partial charge on any atom is -0.478 e. The molecule has 0 aromatic heterocycles. The van der Waals surface area contributed by atoms with Gasteiger partial charge < -0.3 is 9.84 Å². The van der Waals surface area contributed by atoms with Gasteiger partial charge in [0.1, 0.15) is 6.10 Å². The Morgan fingerprint density at radius 3 is 3.07 bits per heavy atom.